The third-order valence-electron chi connectivity index (χ3n) is 6.44. The number of allylic oxidation sites excluding steroid dienone is 1. The first-order valence-corrected chi connectivity index (χ1v) is 13.6. The highest BCUT2D eigenvalue weighted by molar-refractivity contribution is 9.10. The van der Waals surface area contributed by atoms with Crippen molar-refractivity contribution in [2.24, 2.45) is 10.9 Å². The summed E-state index contributed by atoms with van der Waals surface area (Å²) in [5.41, 5.74) is 4.42. The van der Waals surface area contributed by atoms with Crippen molar-refractivity contribution in [3.63, 3.8) is 0 Å². The molecular weight excluding hydrogens is 586 g/mol. The molecule has 0 bridgehead atoms. The first-order valence-electron chi connectivity index (χ1n) is 11.9. The number of halogens is 1. The molecule has 0 aliphatic carbocycles. The molecule has 1 aliphatic rings. The van der Waals surface area contributed by atoms with Gasteiger partial charge in [-0.25, -0.2) is 9.78 Å². The number of hydrogen-bond donors (Lipinski definition) is 1. The average Bonchev–Trinajstić information content (AvgIpc) is 3.40. The number of aliphatic imine (C=N–C) groups is 1. The summed E-state index contributed by atoms with van der Waals surface area (Å²) in [6, 6.07) is 11.2. The highest BCUT2D eigenvalue weighted by Gasteiger charge is 2.42. The van der Waals surface area contributed by atoms with E-state index in [9.17, 15) is 9.59 Å². The molecule has 2 atom stereocenters. The van der Waals surface area contributed by atoms with Crippen molar-refractivity contribution in [3.8, 4) is 22.8 Å². The summed E-state index contributed by atoms with van der Waals surface area (Å²) in [5, 5.41) is 5.92. The maximum atomic E-state index is 12.8. The normalized spacial score (nSPS) is 16.8. The molecule has 4 rings (SSSR count). The van der Waals surface area contributed by atoms with E-state index < -0.39 is 23.8 Å². The number of benzene rings is 2. The second kappa shape index (κ2) is 12.0. The summed E-state index contributed by atoms with van der Waals surface area (Å²) >= 11 is 4.96. The fourth-order valence-electron chi connectivity index (χ4n) is 4.65. The zero-order valence-electron chi connectivity index (χ0n) is 22.3. The van der Waals surface area contributed by atoms with Crippen molar-refractivity contribution in [1.29, 1.82) is 0 Å². The SMILES string of the molecule is COC(=O)C1=C(C)N=C(C)C(C(=O)OC)C1c1cccc(Nc2nc(-c3cc(Br)c(OC)cc3OC)cs2)c1. The molecule has 2 aromatic carbocycles. The Hall–Kier alpha value is -3.70. The Morgan fingerprint density at radius 1 is 1.00 bits per heavy atom. The van der Waals surface area contributed by atoms with E-state index >= 15 is 0 Å². The zero-order chi connectivity index (χ0) is 28.3. The molecule has 3 aromatic rings. The van der Waals surface area contributed by atoms with Crippen molar-refractivity contribution in [2.75, 3.05) is 33.8 Å². The van der Waals surface area contributed by atoms with Crippen LogP contribution < -0.4 is 14.8 Å². The quantitative estimate of drug-likeness (QED) is 0.302. The highest BCUT2D eigenvalue weighted by atomic mass is 79.9. The Morgan fingerprint density at radius 3 is 2.41 bits per heavy atom. The van der Waals surface area contributed by atoms with E-state index in [-0.39, 0.29) is 0 Å². The van der Waals surface area contributed by atoms with Crippen LogP contribution >= 0.6 is 27.3 Å². The number of esters is 2. The number of carbonyl (C=O) groups excluding carboxylic acids is 2. The third kappa shape index (κ3) is 5.69. The van der Waals surface area contributed by atoms with Gasteiger partial charge in [0.15, 0.2) is 5.13 Å². The topological polar surface area (TPSA) is 108 Å². The largest absolute Gasteiger partial charge is 0.496 e. The summed E-state index contributed by atoms with van der Waals surface area (Å²) in [6.45, 7) is 3.50. The molecule has 1 aromatic heterocycles. The number of ether oxygens (including phenoxy) is 4. The minimum atomic E-state index is -0.768. The van der Waals surface area contributed by atoms with Crippen LogP contribution in [0.2, 0.25) is 0 Å². The van der Waals surface area contributed by atoms with Crippen molar-refractivity contribution in [2.45, 2.75) is 19.8 Å². The highest BCUT2D eigenvalue weighted by Crippen LogP contribution is 2.42. The van der Waals surface area contributed by atoms with Crippen molar-refractivity contribution >= 4 is 55.7 Å². The van der Waals surface area contributed by atoms with Crippen LogP contribution in [-0.2, 0) is 19.1 Å². The van der Waals surface area contributed by atoms with Crippen LogP contribution in [0.5, 0.6) is 11.5 Å². The van der Waals surface area contributed by atoms with E-state index in [2.05, 4.69) is 26.2 Å². The zero-order valence-corrected chi connectivity index (χ0v) is 24.7. The van der Waals surface area contributed by atoms with Gasteiger partial charge in [0.25, 0.3) is 0 Å². The van der Waals surface area contributed by atoms with Crippen LogP contribution in [0.3, 0.4) is 0 Å². The van der Waals surface area contributed by atoms with Gasteiger partial charge in [0, 0.05) is 40.0 Å². The van der Waals surface area contributed by atoms with E-state index in [0.29, 0.717) is 33.6 Å². The van der Waals surface area contributed by atoms with Crippen molar-refractivity contribution < 1.29 is 28.5 Å². The van der Waals surface area contributed by atoms with Gasteiger partial charge in [-0.05, 0) is 53.5 Å². The first kappa shape index (κ1) is 28.3. The van der Waals surface area contributed by atoms with Crippen LogP contribution in [0, 0.1) is 5.92 Å². The van der Waals surface area contributed by atoms with Crippen molar-refractivity contribution in [3.05, 3.63) is 63.1 Å². The van der Waals surface area contributed by atoms with Crippen molar-refractivity contribution in [1.82, 2.24) is 4.98 Å². The van der Waals surface area contributed by atoms with E-state index in [0.717, 1.165) is 27.0 Å². The molecule has 9 nitrogen and oxygen atoms in total. The molecule has 1 aliphatic heterocycles. The number of nitrogens with zero attached hydrogens (tertiary/aromatic N) is 2. The number of methoxy groups -OCH3 is 4. The monoisotopic (exact) mass is 613 g/mol. The van der Waals surface area contributed by atoms with E-state index in [1.165, 1.54) is 25.6 Å². The number of hydrogen-bond acceptors (Lipinski definition) is 10. The summed E-state index contributed by atoms with van der Waals surface area (Å²) in [7, 11) is 5.83. The third-order valence-corrected chi connectivity index (χ3v) is 7.82. The molecular formula is C28H28BrN3O6S. The minimum Gasteiger partial charge on any atom is -0.496 e. The molecule has 0 saturated carbocycles. The summed E-state index contributed by atoms with van der Waals surface area (Å²) < 4.78 is 21.8. The summed E-state index contributed by atoms with van der Waals surface area (Å²) in [4.78, 5) is 34.8. The lowest BCUT2D eigenvalue weighted by molar-refractivity contribution is -0.143. The molecule has 0 spiro atoms. The Balaban J connectivity index is 1.69. The van der Waals surface area contributed by atoms with E-state index in [1.54, 1.807) is 34.1 Å². The summed E-state index contributed by atoms with van der Waals surface area (Å²) in [5.74, 6) is -1.12. The summed E-state index contributed by atoms with van der Waals surface area (Å²) in [6.07, 6.45) is 0. The fraction of sp³-hybridized carbons (Fsp3) is 0.286. The Morgan fingerprint density at radius 2 is 1.74 bits per heavy atom. The van der Waals surface area contributed by atoms with Crippen LogP contribution in [0.1, 0.15) is 25.3 Å². The van der Waals surface area contributed by atoms with Gasteiger partial charge in [-0.3, -0.25) is 9.79 Å². The Bertz CT molecular complexity index is 1480. The predicted molar refractivity (Wildman–Crippen MR) is 154 cm³/mol. The number of carbonyl (C=O) groups is 2. The number of thiazole rings is 1. The molecule has 0 fully saturated rings. The second-order valence-corrected chi connectivity index (χ2v) is 10.4. The standard InChI is InChI=1S/C28H28BrN3O6S/c1-14-23(26(33)37-5)25(24(15(2)30-14)27(34)38-6)16-8-7-9-17(10-16)31-28-32-20(13-39-28)18-11-19(29)22(36-4)12-21(18)35-3/h7-13,23,25H,1-6H3,(H,31,32). The molecule has 0 amide bonds. The second-order valence-electron chi connectivity index (χ2n) is 8.70. The molecule has 39 heavy (non-hydrogen) atoms. The van der Waals surface area contributed by atoms with Gasteiger partial charge in [-0.2, -0.15) is 0 Å². The molecule has 1 N–H and O–H groups in total. The van der Waals surface area contributed by atoms with Gasteiger partial charge < -0.3 is 24.3 Å². The Labute approximate surface area is 239 Å². The smallest absolute Gasteiger partial charge is 0.336 e. The lowest BCUT2D eigenvalue weighted by Gasteiger charge is -2.31. The molecule has 0 radical (unpaired) electrons. The average molecular weight is 615 g/mol. The van der Waals surface area contributed by atoms with E-state index in [1.807, 2.05) is 35.7 Å². The fourth-order valence-corrected chi connectivity index (χ4v) is 5.89. The molecule has 0 saturated heterocycles. The molecule has 2 unspecified atom stereocenters. The van der Waals surface area contributed by atoms with Crippen LogP contribution in [0.15, 0.2) is 62.5 Å². The minimum absolute atomic E-state index is 0.323. The molecule has 2 heterocycles. The maximum Gasteiger partial charge on any atom is 0.336 e. The lowest BCUT2D eigenvalue weighted by atomic mass is 9.75. The van der Waals surface area contributed by atoms with Gasteiger partial charge in [0.1, 0.15) is 17.4 Å². The van der Waals surface area contributed by atoms with Crippen LogP contribution in [-0.4, -0.2) is 51.1 Å². The predicted octanol–water partition coefficient (Wildman–Crippen LogP) is 6.13. The van der Waals surface area contributed by atoms with Gasteiger partial charge in [-0.1, -0.05) is 12.1 Å². The number of rotatable bonds is 8. The van der Waals surface area contributed by atoms with Gasteiger partial charge >= 0.3 is 11.9 Å². The van der Waals surface area contributed by atoms with Gasteiger partial charge in [-0.15, -0.1) is 11.3 Å². The number of nitrogens with one attached hydrogen (secondary N) is 1. The van der Waals surface area contributed by atoms with Gasteiger partial charge in [0.2, 0.25) is 0 Å². The van der Waals surface area contributed by atoms with E-state index in [4.69, 9.17) is 23.9 Å². The number of anilines is 2. The maximum absolute atomic E-state index is 12.8. The molecule has 204 valence electrons. The number of aromatic nitrogens is 1. The Kier molecular flexibility index (Phi) is 8.71. The molecule has 11 heteroatoms. The van der Waals surface area contributed by atoms with Crippen LogP contribution in [0.25, 0.3) is 11.3 Å². The van der Waals surface area contributed by atoms with Crippen LogP contribution in [0.4, 0.5) is 10.8 Å². The lowest BCUT2D eigenvalue weighted by Crippen LogP contribution is -2.36. The van der Waals surface area contributed by atoms with Gasteiger partial charge in [0.05, 0.1) is 44.2 Å². The first-order chi connectivity index (χ1) is 18.7.